The second-order valence-corrected chi connectivity index (χ2v) is 4.43. The normalized spacial score (nSPS) is 9.94. The molecule has 2 aromatic carbocycles. The highest BCUT2D eigenvalue weighted by atomic mass is 32.2. The van der Waals surface area contributed by atoms with Crippen molar-refractivity contribution >= 4 is 22.5 Å². The van der Waals surface area contributed by atoms with Crippen molar-refractivity contribution in [1.29, 1.82) is 5.26 Å². The number of thioether (sulfide) groups is 1. The molecular weight excluding hydrogens is 214 g/mol. The zero-order chi connectivity index (χ0) is 11.4. The van der Waals surface area contributed by atoms with Crippen molar-refractivity contribution in [2.45, 2.75) is 4.90 Å². The standard InChI is InChI=1S/C14H11NS/c1-2-9-16-14-8-7-11-5-3-4-6-12(11)13(14)10-15/h2-8H,1,9H2. The van der Waals surface area contributed by atoms with Crippen LogP contribution in [0.5, 0.6) is 0 Å². The Morgan fingerprint density at radius 1 is 1.25 bits per heavy atom. The molecule has 0 unspecified atom stereocenters. The quantitative estimate of drug-likeness (QED) is 0.582. The summed E-state index contributed by atoms with van der Waals surface area (Å²) in [5.41, 5.74) is 0.768. The lowest BCUT2D eigenvalue weighted by molar-refractivity contribution is 1.40. The summed E-state index contributed by atoms with van der Waals surface area (Å²) in [7, 11) is 0. The average molecular weight is 225 g/mol. The Balaban J connectivity index is 2.59. The number of hydrogen-bond acceptors (Lipinski definition) is 2. The molecule has 0 atom stereocenters. The predicted octanol–water partition coefficient (Wildman–Crippen LogP) is 3.99. The van der Waals surface area contributed by atoms with E-state index in [9.17, 15) is 5.26 Å². The Bertz CT molecular complexity index is 566. The number of fused-ring (bicyclic) bond motifs is 1. The van der Waals surface area contributed by atoms with Gasteiger partial charge < -0.3 is 0 Å². The molecule has 0 aliphatic heterocycles. The third-order valence-corrected chi connectivity index (χ3v) is 3.41. The van der Waals surface area contributed by atoms with Crippen molar-refractivity contribution in [3.63, 3.8) is 0 Å². The molecule has 0 aliphatic carbocycles. The molecule has 0 radical (unpaired) electrons. The second-order valence-electron chi connectivity index (χ2n) is 3.37. The first-order valence-corrected chi connectivity index (χ1v) is 6.01. The van der Waals surface area contributed by atoms with Crippen LogP contribution >= 0.6 is 11.8 Å². The second kappa shape index (κ2) is 4.87. The summed E-state index contributed by atoms with van der Waals surface area (Å²) in [6.45, 7) is 3.69. The number of rotatable bonds is 3. The number of nitrogens with zero attached hydrogens (tertiary/aromatic N) is 1. The molecule has 0 saturated carbocycles. The van der Waals surface area contributed by atoms with Gasteiger partial charge in [0.05, 0.1) is 5.56 Å². The van der Waals surface area contributed by atoms with Crippen molar-refractivity contribution in [1.82, 2.24) is 0 Å². The summed E-state index contributed by atoms with van der Waals surface area (Å²) >= 11 is 1.65. The molecule has 0 amide bonds. The van der Waals surface area contributed by atoms with Crippen LogP contribution in [-0.2, 0) is 0 Å². The maximum absolute atomic E-state index is 9.23. The van der Waals surface area contributed by atoms with Gasteiger partial charge in [0.2, 0.25) is 0 Å². The maximum atomic E-state index is 9.23. The van der Waals surface area contributed by atoms with Gasteiger partial charge >= 0.3 is 0 Å². The number of nitriles is 1. The molecule has 0 fully saturated rings. The van der Waals surface area contributed by atoms with E-state index < -0.39 is 0 Å². The molecule has 0 aromatic heterocycles. The Kier molecular flexibility index (Phi) is 3.28. The molecule has 2 rings (SSSR count). The van der Waals surface area contributed by atoms with Gasteiger partial charge in [0.15, 0.2) is 0 Å². The highest BCUT2D eigenvalue weighted by Gasteiger charge is 2.06. The van der Waals surface area contributed by atoms with Crippen LogP contribution < -0.4 is 0 Å². The Morgan fingerprint density at radius 2 is 2.06 bits per heavy atom. The SMILES string of the molecule is C=CCSc1ccc2ccccc2c1C#N. The van der Waals surface area contributed by atoms with Crippen LogP contribution in [0.2, 0.25) is 0 Å². The van der Waals surface area contributed by atoms with Crippen LogP contribution in [0, 0.1) is 11.3 Å². The molecular formula is C14H11NS. The first kappa shape index (κ1) is 10.8. The lowest BCUT2D eigenvalue weighted by atomic mass is 10.1. The monoisotopic (exact) mass is 225 g/mol. The van der Waals surface area contributed by atoms with E-state index in [0.29, 0.717) is 0 Å². The van der Waals surface area contributed by atoms with Gasteiger partial charge in [-0.25, -0.2) is 0 Å². The molecule has 2 aromatic rings. The zero-order valence-corrected chi connectivity index (χ0v) is 9.63. The van der Waals surface area contributed by atoms with Crippen LogP contribution in [0.25, 0.3) is 10.8 Å². The maximum Gasteiger partial charge on any atom is 0.101 e. The lowest BCUT2D eigenvalue weighted by Crippen LogP contribution is -1.85. The predicted molar refractivity (Wildman–Crippen MR) is 69.6 cm³/mol. The summed E-state index contributed by atoms with van der Waals surface area (Å²) in [5.74, 6) is 0.826. The third-order valence-electron chi connectivity index (χ3n) is 2.36. The molecule has 0 heterocycles. The molecule has 0 aliphatic rings. The van der Waals surface area contributed by atoms with Crippen LogP contribution in [0.1, 0.15) is 5.56 Å². The van der Waals surface area contributed by atoms with Crippen molar-refractivity contribution in [3.8, 4) is 6.07 Å². The summed E-state index contributed by atoms with van der Waals surface area (Å²) in [6, 6.07) is 14.3. The fraction of sp³-hybridized carbons (Fsp3) is 0.0714. The lowest BCUT2D eigenvalue weighted by Gasteiger charge is -2.05. The summed E-state index contributed by atoms with van der Waals surface area (Å²) in [6.07, 6.45) is 1.85. The molecule has 0 bridgehead atoms. The third kappa shape index (κ3) is 1.95. The van der Waals surface area contributed by atoms with E-state index in [4.69, 9.17) is 0 Å². The van der Waals surface area contributed by atoms with Gasteiger partial charge in [-0.15, -0.1) is 18.3 Å². The van der Waals surface area contributed by atoms with E-state index in [2.05, 4.69) is 18.7 Å². The largest absolute Gasteiger partial charge is 0.192 e. The molecule has 0 spiro atoms. The minimum atomic E-state index is 0.768. The van der Waals surface area contributed by atoms with Gasteiger partial charge in [0.1, 0.15) is 6.07 Å². The van der Waals surface area contributed by atoms with E-state index in [0.717, 1.165) is 27.0 Å². The van der Waals surface area contributed by atoms with Crippen LogP contribution in [0.4, 0.5) is 0 Å². The Hall–Kier alpha value is -1.72. The van der Waals surface area contributed by atoms with Gasteiger partial charge in [-0.05, 0) is 11.5 Å². The first-order valence-electron chi connectivity index (χ1n) is 5.02. The topological polar surface area (TPSA) is 23.8 Å². The van der Waals surface area contributed by atoms with Gasteiger partial charge in [0, 0.05) is 16.0 Å². The highest BCUT2D eigenvalue weighted by molar-refractivity contribution is 7.99. The molecule has 2 heteroatoms. The van der Waals surface area contributed by atoms with Crippen molar-refractivity contribution in [2.75, 3.05) is 5.75 Å². The minimum absolute atomic E-state index is 0.768. The fourth-order valence-electron chi connectivity index (χ4n) is 1.64. The van der Waals surface area contributed by atoms with E-state index in [1.807, 2.05) is 36.4 Å². The Morgan fingerprint density at radius 3 is 2.81 bits per heavy atom. The van der Waals surface area contributed by atoms with E-state index >= 15 is 0 Å². The average Bonchev–Trinajstić information content (AvgIpc) is 2.35. The highest BCUT2D eigenvalue weighted by Crippen LogP contribution is 2.28. The molecule has 78 valence electrons. The van der Waals surface area contributed by atoms with Crippen LogP contribution in [0.3, 0.4) is 0 Å². The van der Waals surface area contributed by atoms with E-state index in [-0.39, 0.29) is 0 Å². The van der Waals surface area contributed by atoms with Gasteiger partial charge in [-0.2, -0.15) is 5.26 Å². The van der Waals surface area contributed by atoms with E-state index in [1.165, 1.54) is 0 Å². The van der Waals surface area contributed by atoms with Gasteiger partial charge in [-0.3, -0.25) is 0 Å². The van der Waals surface area contributed by atoms with Crippen LogP contribution in [-0.4, -0.2) is 5.75 Å². The van der Waals surface area contributed by atoms with Crippen LogP contribution in [0.15, 0.2) is 53.9 Å². The van der Waals surface area contributed by atoms with Crippen molar-refractivity contribution in [2.24, 2.45) is 0 Å². The minimum Gasteiger partial charge on any atom is -0.192 e. The molecule has 16 heavy (non-hydrogen) atoms. The summed E-state index contributed by atoms with van der Waals surface area (Å²) < 4.78 is 0. The first-order chi connectivity index (χ1) is 7.86. The molecule has 1 nitrogen and oxygen atoms in total. The van der Waals surface area contributed by atoms with E-state index in [1.54, 1.807) is 11.8 Å². The smallest absolute Gasteiger partial charge is 0.101 e. The van der Waals surface area contributed by atoms with Crippen molar-refractivity contribution < 1.29 is 0 Å². The zero-order valence-electron chi connectivity index (χ0n) is 8.81. The Labute approximate surface area is 99.4 Å². The summed E-state index contributed by atoms with van der Waals surface area (Å²) in [5, 5.41) is 11.4. The van der Waals surface area contributed by atoms with Gasteiger partial charge in [0.25, 0.3) is 0 Å². The van der Waals surface area contributed by atoms with Crippen molar-refractivity contribution in [3.05, 3.63) is 54.6 Å². The molecule has 0 saturated heterocycles. The number of benzene rings is 2. The number of hydrogen-bond donors (Lipinski definition) is 0. The molecule has 0 N–H and O–H groups in total. The van der Waals surface area contributed by atoms with Gasteiger partial charge in [-0.1, -0.05) is 36.4 Å². The fourth-order valence-corrected chi connectivity index (χ4v) is 2.40. The summed E-state index contributed by atoms with van der Waals surface area (Å²) in [4.78, 5) is 1.03.